The predicted octanol–water partition coefficient (Wildman–Crippen LogP) is 2.35. The van der Waals surface area contributed by atoms with Gasteiger partial charge in [-0.25, -0.2) is 0 Å². The van der Waals surface area contributed by atoms with Crippen LogP contribution in [-0.4, -0.2) is 39.1 Å². The zero-order valence-electron chi connectivity index (χ0n) is 11.2. The van der Waals surface area contributed by atoms with Crippen molar-refractivity contribution in [1.82, 2.24) is 14.7 Å². The van der Waals surface area contributed by atoms with Gasteiger partial charge in [-0.3, -0.25) is 9.48 Å². The standard InChI is InChI=1S/C13H20ClN3O/c1-9-10(8-15-17(9)3)13(18)16(2)12-7-5-4-6-11(12)14/h8,11-12H,4-7H2,1-3H3. The van der Waals surface area contributed by atoms with Crippen molar-refractivity contribution < 1.29 is 4.79 Å². The highest BCUT2D eigenvalue weighted by atomic mass is 35.5. The van der Waals surface area contributed by atoms with Crippen LogP contribution in [0.1, 0.15) is 41.7 Å². The Bertz CT molecular complexity index is 443. The summed E-state index contributed by atoms with van der Waals surface area (Å²) in [5.41, 5.74) is 1.57. The monoisotopic (exact) mass is 269 g/mol. The van der Waals surface area contributed by atoms with Crippen LogP contribution in [0.5, 0.6) is 0 Å². The Balaban J connectivity index is 2.15. The van der Waals surface area contributed by atoms with E-state index in [1.54, 1.807) is 15.8 Å². The number of hydrogen-bond donors (Lipinski definition) is 0. The molecule has 0 bridgehead atoms. The molecule has 0 saturated heterocycles. The molecule has 0 radical (unpaired) electrons. The molecule has 0 aliphatic heterocycles. The van der Waals surface area contributed by atoms with Crippen LogP contribution in [0.2, 0.25) is 0 Å². The average molecular weight is 270 g/mol. The van der Waals surface area contributed by atoms with Crippen molar-refractivity contribution in [2.45, 2.75) is 44.0 Å². The summed E-state index contributed by atoms with van der Waals surface area (Å²) in [4.78, 5) is 14.2. The van der Waals surface area contributed by atoms with Gasteiger partial charge in [0.25, 0.3) is 5.91 Å². The Morgan fingerprint density at radius 3 is 2.72 bits per heavy atom. The lowest BCUT2D eigenvalue weighted by atomic mass is 9.93. The molecule has 18 heavy (non-hydrogen) atoms. The molecule has 1 fully saturated rings. The van der Waals surface area contributed by atoms with E-state index >= 15 is 0 Å². The second-order valence-corrected chi connectivity index (χ2v) is 5.61. The lowest BCUT2D eigenvalue weighted by molar-refractivity contribution is 0.0699. The predicted molar refractivity (Wildman–Crippen MR) is 71.9 cm³/mol. The fourth-order valence-corrected chi connectivity index (χ4v) is 3.00. The molecule has 4 nitrogen and oxygen atoms in total. The number of carbonyl (C=O) groups is 1. The van der Waals surface area contributed by atoms with Crippen molar-refractivity contribution in [2.75, 3.05) is 7.05 Å². The van der Waals surface area contributed by atoms with Gasteiger partial charge in [-0.1, -0.05) is 12.8 Å². The third kappa shape index (κ3) is 2.39. The number of alkyl halides is 1. The molecule has 1 saturated carbocycles. The SMILES string of the molecule is Cc1c(C(=O)N(C)C2CCCCC2Cl)cnn1C. The molecule has 0 N–H and O–H groups in total. The van der Waals surface area contributed by atoms with Crippen LogP contribution in [0.25, 0.3) is 0 Å². The van der Waals surface area contributed by atoms with Crippen molar-refractivity contribution >= 4 is 17.5 Å². The van der Waals surface area contributed by atoms with Gasteiger partial charge in [-0.05, 0) is 19.8 Å². The first-order valence-electron chi connectivity index (χ1n) is 6.42. The maximum absolute atomic E-state index is 12.4. The van der Waals surface area contributed by atoms with Gasteiger partial charge >= 0.3 is 0 Å². The average Bonchev–Trinajstić information content (AvgIpc) is 2.69. The Labute approximate surface area is 113 Å². The van der Waals surface area contributed by atoms with E-state index in [0.29, 0.717) is 5.56 Å². The van der Waals surface area contributed by atoms with Gasteiger partial charge in [0.1, 0.15) is 0 Å². The lowest BCUT2D eigenvalue weighted by Crippen LogP contribution is -2.44. The zero-order chi connectivity index (χ0) is 13.3. The molecule has 0 aromatic carbocycles. The molecule has 2 unspecified atom stereocenters. The van der Waals surface area contributed by atoms with Crippen LogP contribution in [0.15, 0.2) is 6.20 Å². The van der Waals surface area contributed by atoms with E-state index < -0.39 is 0 Å². The van der Waals surface area contributed by atoms with Crippen molar-refractivity contribution in [2.24, 2.45) is 7.05 Å². The molecule has 1 aromatic rings. The molecule has 2 atom stereocenters. The Kier molecular flexibility index (Phi) is 3.95. The van der Waals surface area contributed by atoms with Crippen LogP contribution in [0.3, 0.4) is 0 Å². The number of nitrogens with zero attached hydrogens (tertiary/aromatic N) is 3. The maximum Gasteiger partial charge on any atom is 0.257 e. The van der Waals surface area contributed by atoms with Gasteiger partial charge in [-0.15, -0.1) is 11.6 Å². The normalized spacial score (nSPS) is 24.0. The van der Waals surface area contributed by atoms with Crippen molar-refractivity contribution in [3.63, 3.8) is 0 Å². The third-order valence-corrected chi connectivity index (χ3v) is 4.44. The molecule has 0 spiro atoms. The van der Waals surface area contributed by atoms with Crippen LogP contribution in [0, 0.1) is 6.92 Å². The summed E-state index contributed by atoms with van der Waals surface area (Å²) in [5.74, 6) is 0.0261. The second-order valence-electron chi connectivity index (χ2n) is 5.05. The molecule has 1 aromatic heterocycles. The number of amides is 1. The molecule has 1 aliphatic rings. The highest BCUT2D eigenvalue weighted by molar-refractivity contribution is 6.21. The third-order valence-electron chi connectivity index (χ3n) is 3.93. The first kappa shape index (κ1) is 13.4. The fraction of sp³-hybridized carbons (Fsp3) is 0.692. The first-order chi connectivity index (χ1) is 8.52. The summed E-state index contributed by atoms with van der Waals surface area (Å²) in [6, 6.07) is 0.146. The van der Waals surface area contributed by atoms with Gasteiger partial charge in [0.15, 0.2) is 0 Å². The number of aryl methyl sites for hydroxylation is 1. The van der Waals surface area contributed by atoms with E-state index in [4.69, 9.17) is 11.6 Å². The van der Waals surface area contributed by atoms with Crippen LogP contribution < -0.4 is 0 Å². The fourth-order valence-electron chi connectivity index (χ4n) is 2.55. The minimum Gasteiger partial charge on any atom is -0.337 e. The van der Waals surface area contributed by atoms with Crippen LogP contribution in [-0.2, 0) is 7.05 Å². The summed E-state index contributed by atoms with van der Waals surface area (Å²) in [6.45, 7) is 1.91. The van der Waals surface area contributed by atoms with Gasteiger partial charge in [0.2, 0.25) is 0 Å². The summed E-state index contributed by atoms with van der Waals surface area (Å²) in [5, 5.41) is 4.19. The van der Waals surface area contributed by atoms with Crippen molar-refractivity contribution in [1.29, 1.82) is 0 Å². The number of hydrogen-bond acceptors (Lipinski definition) is 2. The summed E-state index contributed by atoms with van der Waals surface area (Å²) < 4.78 is 1.72. The van der Waals surface area contributed by atoms with E-state index in [1.807, 2.05) is 21.0 Å². The molecule has 1 amide bonds. The van der Waals surface area contributed by atoms with E-state index in [9.17, 15) is 4.79 Å². The Morgan fingerprint density at radius 2 is 2.17 bits per heavy atom. The molecule has 2 rings (SSSR count). The Hall–Kier alpha value is -1.03. The highest BCUT2D eigenvalue weighted by Gasteiger charge is 2.30. The van der Waals surface area contributed by atoms with Gasteiger partial charge in [-0.2, -0.15) is 5.10 Å². The van der Waals surface area contributed by atoms with E-state index in [-0.39, 0.29) is 17.3 Å². The molecule has 1 heterocycles. The van der Waals surface area contributed by atoms with Gasteiger partial charge in [0, 0.05) is 25.8 Å². The molecule has 5 heteroatoms. The van der Waals surface area contributed by atoms with Crippen LogP contribution in [0.4, 0.5) is 0 Å². The first-order valence-corrected chi connectivity index (χ1v) is 6.86. The highest BCUT2D eigenvalue weighted by Crippen LogP contribution is 2.27. The number of aromatic nitrogens is 2. The largest absolute Gasteiger partial charge is 0.337 e. The zero-order valence-corrected chi connectivity index (χ0v) is 11.9. The molecule has 100 valence electrons. The van der Waals surface area contributed by atoms with E-state index in [0.717, 1.165) is 25.0 Å². The number of rotatable bonds is 2. The Morgan fingerprint density at radius 1 is 1.50 bits per heavy atom. The maximum atomic E-state index is 12.4. The smallest absolute Gasteiger partial charge is 0.257 e. The minimum absolute atomic E-state index is 0.0261. The topological polar surface area (TPSA) is 38.1 Å². The summed E-state index contributed by atoms with van der Waals surface area (Å²) >= 11 is 6.34. The van der Waals surface area contributed by atoms with E-state index in [2.05, 4.69) is 5.10 Å². The van der Waals surface area contributed by atoms with Gasteiger partial charge < -0.3 is 4.90 Å². The summed E-state index contributed by atoms with van der Waals surface area (Å²) in [7, 11) is 3.69. The number of halogens is 1. The lowest BCUT2D eigenvalue weighted by Gasteiger charge is -2.34. The quantitative estimate of drug-likeness (QED) is 0.773. The van der Waals surface area contributed by atoms with Crippen molar-refractivity contribution in [3.05, 3.63) is 17.5 Å². The van der Waals surface area contributed by atoms with Crippen LogP contribution >= 0.6 is 11.6 Å². The van der Waals surface area contributed by atoms with Gasteiger partial charge in [0.05, 0.1) is 17.1 Å². The number of carbonyl (C=O) groups excluding carboxylic acids is 1. The molecular formula is C13H20ClN3O. The molecular weight excluding hydrogens is 250 g/mol. The summed E-state index contributed by atoms with van der Waals surface area (Å²) in [6.07, 6.45) is 5.95. The molecule has 1 aliphatic carbocycles. The van der Waals surface area contributed by atoms with Crippen molar-refractivity contribution in [3.8, 4) is 0 Å². The van der Waals surface area contributed by atoms with E-state index in [1.165, 1.54) is 6.42 Å². The second kappa shape index (κ2) is 5.31. The minimum atomic E-state index is 0.0261.